The van der Waals surface area contributed by atoms with Gasteiger partial charge in [-0.25, -0.2) is 4.79 Å². The number of nitrogens with one attached hydrogen (secondary N) is 2. The Balaban J connectivity index is 2.19. The first kappa shape index (κ1) is 11.0. The predicted molar refractivity (Wildman–Crippen MR) is 50.9 cm³/mol. The fourth-order valence-electron chi connectivity index (χ4n) is 1.11. The zero-order chi connectivity index (χ0) is 10.6. The lowest BCUT2D eigenvalue weighted by Crippen LogP contribution is -2.44. The van der Waals surface area contributed by atoms with Gasteiger partial charge in [0.1, 0.15) is 6.04 Å². The molecular weight excluding hydrogens is 184 g/mol. The van der Waals surface area contributed by atoms with Crippen LogP contribution in [0.15, 0.2) is 0 Å². The molecule has 1 rings (SSSR count). The minimum absolute atomic E-state index is 0.217. The molecule has 0 aromatic rings. The summed E-state index contributed by atoms with van der Waals surface area (Å²) in [5.74, 6) is -1.22. The molecule has 0 bridgehead atoms. The zero-order valence-corrected chi connectivity index (χ0v) is 8.25. The lowest BCUT2D eigenvalue weighted by atomic mass is 10.2. The van der Waals surface area contributed by atoms with E-state index in [1.165, 1.54) is 0 Å². The largest absolute Gasteiger partial charge is 0.480 e. The predicted octanol–water partition coefficient (Wildman–Crippen LogP) is -0.282. The number of hydrogen-bond donors (Lipinski definition) is 3. The molecule has 0 heterocycles. The fraction of sp³-hybridized carbons (Fsp3) is 0.778. The molecule has 1 amide bonds. The highest BCUT2D eigenvalue weighted by Gasteiger charge is 2.22. The summed E-state index contributed by atoms with van der Waals surface area (Å²) in [5, 5.41) is 14.1. The number of carboxylic acids is 1. The van der Waals surface area contributed by atoms with E-state index in [1.54, 1.807) is 6.92 Å². The molecule has 5 heteroatoms. The molecule has 0 aliphatic heterocycles. The third-order valence-corrected chi connectivity index (χ3v) is 2.17. The first-order chi connectivity index (χ1) is 6.63. The van der Waals surface area contributed by atoms with E-state index in [2.05, 4.69) is 10.6 Å². The van der Waals surface area contributed by atoms with Crippen molar-refractivity contribution < 1.29 is 14.7 Å². The number of hydrogen-bond acceptors (Lipinski definition) is 3. The molecule has 1 aliphatic rings. The van der Waals surface area contributed by atoms with E-state index in [-0.39, 0.29) is 12.5 Å². The maximum absolute atomic E-state index is 11.2. The zero-order valence-electron chi connectivity index (χ0n) is 8.25. The minimum atomic E-state index is -0.979. The van der Waals surface area contributed by atoms with Crippen LogP contribution in [0.5, 0.6) is 0 Å². The second-order valence-corrected chi connectivity index (χ2v) is 3.52. The normalized spacial score (nSPS) is 17.5. The van der Waals surface area contributed by atoms with Crippen LogP contribution in [-0.2, 0) is 9.59 Å². The third kappa shape index (κ3) is 3.74. The molecule has 1 saturated carbocycles. The van der Waals surface area contributed by atoms with Gasteiger partial charge in [-0.2, -0.15) is 0 Å². The molecule has 5 nitrogen and oxygen atoms in total. The van der Waals surface area contributed by atoms with Gasteiger partial charge in [-0.3, -0.25) is 4.79 Å². The first-order valence-corrected chi connectivity index (χ1v) is 4.89. The summed E-state index contributed by atoms with van der Waals surface area (Å²) >= 11 is 0. The van der Waals surface area contributed by atoms with Crippen LogP contribution in [0.3, 0.4) is 0 Å². The summed E-state index contributed by atoms with van der Waals surface area (Å²) in [4.78, 5) is 21.8. The van der Waals surface area contributed by atoms with Gasteiger partial charge in [0, 0.05) is 6.04 Å². The Morgan fingerprint density at radius 3 is 2.57 bits per heavy atom. The maximum Gasteiger partial charge on any atom is 0.326 e. The Bertz CT molecular complexity index is 226. The molecule has 0 spiro atoms. The Hall–Kier alpha value is -1.10. The number of amides is 1. The van der Waals surface area contributed by atoms with E-state index in [1.807, 2.05) is 0 Å². The highest BCUT2D eigenvalue weighted by atomic mass is 16.4. The van der Waals surface area contributed by atoms with E-state index >= 15 is 0 Å². The van der Waals surface area contributed by atoms with Crippen molar-refractivity contribution in [2.24, 2.45) is 0 Å². The van der Waals surface area contributed by atoms with Crippen LogP contribution >= 0.6 is 0 Å². The van der Waals surface area contributed by atoms with E-state index < -0.39 is 12.0 Å². The van der Waals surface area contributed by atoms with Crippen molar-refractivity contribution >= 4 is 11.9 Å². The summed E-state index contributed by atoms with van der Waals surface area (Å²) in [6.45, 7) is 1.95. The van der Waals surface area contributed by atoms with Crippen LogP contribution in [0.1, 0.15) is 26.2 Å². The van der Waals surface area contributed by atoms with Crippen molar-refractivity contribution in [3.63, 3.8) is 0 Å². The number of carbonyl (C=O) groups excluding carboxylic acids is 1. The van der Waals surface area contributed by atoms with Crippen LogP contribution in [-0.4, -0.2) is 35.6 Å². The van der Waals surface area contributed by atoms with Crippen molar-refractivity contribution in [3.05, 3.63) is 0 Å². The molecule has 1 atom stereocenters. The van der Waals surface area contributed by atoms with Gasteiger partial charge in [-0.05, 0) is 19.3 Å². The fourth-order valence-corrected chi connectivity index (χ4v) is 1.11. The average Bonchev–Trinajstić information content (AvgIpc) is 2.93. The second-order valence-electron chi connectivity index (χ2n) is 3.52. The Kier molecular flexibility index (Phi) is 3.88. The number of rotatable bonds is 6. The smallest absolute Gasteiger partial charge is 0.326 e. The number of aliphatic carboxylic acids is 1. The molecule has 0 aromatic heterocycles. The molecule has 14 heavy (non-hydrogen) atoms. The first-order valence-electron chi connectivity index (χ1n) is 4.89. The van der Waals surface area contributed by atoms with Crippen molar-refractivity contribution in [2.75, 3.05) is 6.54 Å². The quantitative estimate of drug-likeness (QED) is 0.551. The lowest BCUT2D eigenvalue weighted by molar-refractivity contribution is -0.141. The molecular formula is C9H16N2O3. The molecule has 1 unspecified atom stereocenters. The molecule has 1 aliphatic carbocycles. The van der Waals surface area contributed by atoms with Gasteiger partial charge in [-0.15, -0.1) is 0 Å². The molecule has 3 N–H and O–H groups in total. The monoisotopic (exact) mass is 200 g/mol. The topological polar surface area (TPSA) is 78.4 Å². The van der Waals surface area contributed by atoms with Crippen molar-refractivity contribution in [1.29, 1.82) is 0 Å². The Morgan fingerprint density at radius 2 is 2.14 bits per heavy atom. The van der Waals surface area contributed by atoms with Gasteiger partial charge in [0.25, 0.3) is 0 Å². The summed E-state index contributed by atoms with van der Waals surface area (Å²) in [6, 6.07) is -0.297. The highest BCUT2D eigenvalue weighted by Crippen LogP contribution is 2.17. The Morgan fingerprint density at radius 1 is 1.50 bits per heavy atom. The van der Waals surface area contributed by atoms with Crippen LogP contribution < -0.4 is 10.6 Å². The summed E-state index contributed by atoms with van der Waals surface area (Å²) < 4.78 is 0. The molecule has 0 radical (unpaired) electrons. The minimum Gasteiger partial charge on any atom is -0.480 e. The average molecular weight is 200 g/mol. The van der Waals surface area contributed by atoms with E-state index in [0.29, 0.717) is 12.5 Å². The van der Waals surface area contributed by atoms with Crippen molar-refractivity contribution in [3.8, 4) is 0 Å². The standard InChI is InChI=1S/C9H16N2O3/c1-2-7(9(13)14)11-8(12)5-10-6-3-4-6/h6-7,10H,2-5H2,1H3,(H,11,12)(H,13,14). The summed E-state index contributed by atoms with van der Waals surface area (Å²) in [5.41, 5.74) is 0. The van der Waals surface area contributed by atoms with Gasteiger partial charge < -0.3 is 15.7 Å². The summed E-state index contributed by atoms with van der Waals surface area (Å²) in [6.07, 6.45) is 2.64. The van der Waals surface area contributed by atoms with Gasteiger partial charge in [-0.1, -0.05) is 6.92 Å². The third-order valence-electron chi connectivity index (χ3n) is 2.17. The van der Waals surface area contributed by atoms with Gasteiger partial charge in [0.2, 0.25) is 5.91 Å². The number of carboxylic acid groups (broad SMARTS) is 1. The molecule has 0 aromatic carbocycles. The SMILES string of the molecule is CCC(NC(=O)CNC1CC1)C(=O)O. The van der Waals surface area contributed by atoms with Crippen LogP contribution in [0.4, 0.5) is 0 Å². The van der Waals surface area contributed by atoms with Crippen LogP contribution in [0, 0.1) is 0 Å². The molecule has 0 saturated heterocycles. The van der Waals surface area contributed by atoms with Crippen LogP contribution in [0.25, 0.3) is 0 Å². The van der Waals surface area contributed by atoms with Gasteiger partial charge in [0.05, 0.1) is 6.54 Å². The number of carbonyl (C=O) groups is 2. The lowest BCUT2D eigenvalue weighted by Gasteiger charge is -2.12. The van der Waals surface area contributed by atoms with Crippen LogP contribution in [0.2, 0.25) is 0 Å². The van der Waals surface area contributed by atoms with Gasteiger partial charge in [0.15, 0.2) is 0 Å². The Labute approximate surface area is 82.9 Å². The second kappa shape index (κ2) is 4.95. The highest BCUT2D eigenvalue weighted by molar-refractivity contribution is 5.84. The van der Waals surface area contributed by atoms with E-state index in [4.69, 9.17) is 5.11 Å². The van der Waals surface area contributed by atoms with E-state index in [9.17, 15) is 9.59 Å². The van der Waals surface area contributed by atoms with Crippen molar-refractivity contribution in [2.45, 2.75) is 38.3 Å². The maximum atomic E-state index is 11.2. The molecule has 80 valence electrons. The van der Waals surface area contributed by atoms with Gasteiger partial charge >= 0.3 is 5.97 Å². The summed E-state index contributed by atoms with van der Waals surface area (Å²) in [7, 11) is 0. The van der Waals surface area contributed by atoms with E-state index in [0.717, 1.165) is 12.8 Å². The van der Waals surface area contributed by atoms with Crippen molar-refractivity contribution in [1.82, 2.24) is 10.6 Å². The molecule has 1 fully saturated rings.